The van der Waals surface area contributed by atoms with E-state index in [0.29, 0.717) is 50.4 Å². The van der Waals surface area contributed by atoms with Crippen molar-refractivity contribution in [2.45, 2.75) is 69.5 Å². The van der Waals surface area contributed by atoms with Crippen molar-refractivity contribution >= 4 is 29.2 Å². The van der Waals surface area contributed by atoms with E-state index in [-0.39, 0.29) is 5.56 Å². The Morgan fingerprint density at radius 3 is 2.58 bits per heavy atom. The second-order valence-corrected chi connectivity index (χ2v) is 12.2. The first-order valence-corrected chi connectivity index (χ1v) is 13.1. The molecule has 0 radical (unpaired) electrons. The smallest absolute Gasteiger partial charge is 0.331 e. The van der Waals surface area contributed by atoms with Gasteiger partial charge in [0.1, 0.15) is 34.4 Å². The zero-order valence-electron chi connectivity index (χ0n) is 20.5. The maximum Gasteiger partial charge on any atom is 0.331 e. The highest BCUT2D eigenvalue weighted by atomic mass is 32.2. The lowest BCUT2D eigenvalue weighted by atomic mass is 9.90. The summed E-state index contributed by atoms with van der Waals surface area (Å²) in [4.78, 5) is 39.2. The van der Waals surface area contributed by atoms with Crippen LogP contribution in [0.25, 0.3) is 0 Å². The highest BCUT2D eigenvalue weighted by molar-refractivity contribution is 7.90. The van der Waals surface area contributed by atoms with Gasteiger partial charge in [0.25, 0.3) is 0 Å². The number of rotatable bonds is 7. The molecule has 2 fully saturated rings. The predicted octanol–water partition coefficient (Wildman–Crippen LogP) is 2.46. The Bertz CT molecular complexity index is 1030. The van der Waals surface area contributed by atoms with Crippen LogP contribution in [-0.2, 0) is 32.1 Å². The Labute approximate surface area is 211 Å². The molecule has 3 heterocycles. The van der Waals surface area contributed by atoms with E-state index in [1.54, 1.807) is 20.8 Å². The molecule has 9 nitrogen and oxygen atoms in total. The van der Waals surface area contributed by atoms with Gasteiger partial charge in [-0.15, -0.1) is 4.72 Å². The van der Waals surface area contributed by atoms with E-state index in [2.05, 4.69) is 10.0 Å². The number of fused-ring (bicyclic) bond motifs is 1. The summed E-state index contributed by atoms with van der Waals surface area (Å²) in [6.45, 7) is 6.12. The van der Waals surface area contributed by atoms with E-state index in [4.69, 9.17) is 9.47 Å². The average Bonchev–Trinajstić information content (AvgIpc) is 3.26. The van der Waals surface area contributed by atoms with Gasteiger partial charge in [-0.1, -0.05) is 0 Å². The molecule has 1 aromatic rings. The van der Waals surface area contributed by atoms with Gasteiger partial charge in [-0.3, -0.25) is 19.8 Å². The molecule has 1 aromatic carbocycles. The number of nitrogens with one attached hydrogen (secondary N) is 2. The first kappa shape index (κ1) is 26.8. The summed E-state index contributed by atoms with van der Waals surface area (Å²) in [7, 11) is 0. The minimum absolute atomic E-state index is 0.109. The van der Waals surface area contributed by atoms with E-state index in [9.17, 15) is 18.9 Å². The van der Waals surface area contributed by atoms with Crippen LogP contribution < -0.4 is 14.8 Å². The van der Waals surface area contributed by atoms with Crippen LogP contribution in [0, 0.1) is 11.7 Å². The normalized spacial score (nSPS) is 23.7. The number of halogens is 2. The van der Waals surface area contributed by atoms with Crippen LogP contribution in [0.4, 0.5) is 13.6 Å². The SMILES string of the molecule is CC(C)(C)[S+]([O-])N[C@@H](c1cc2c(cc1F)CCO2)[C@H](F)C[C@@H]1C(=O)NC(=O)N(C2CCOCC2)C1=O. The van der Waals surface area contributed by atoms with E-state index in [1.165, 1.54) is 12.1 Å². The highest BCUT2D eigenvalue weighted by Gasteiger charge is 2.46. The summed E-state index contributed by atoms with van der Waals surface area (Å²) in [5.41, 5.74) is 0.539. The minimum atomic E-state index is -1.99. The van der Waals surface area contributed by atoms with Crippen molar-refractivity contribution < 1.29 is 37.2 Å². The molecule has 0 bridgehead atoms. The lowest BCUT2D eigenvalue weighted by Crippen LogP contribution is -2.62. The number of hydrogen-bond donors (Lipinski definition) is 2. The molecule has 0 saturated carbocycles. The molecule has 3 aliphatic rings. The molecule has 2 N–H and O–H groups in total. The predicted molar refractivity (Wildman–Crippen MR) is 127 cm³/mol. The molecular formula is C24H31F2N3O6S. The number of carbonyl (C=O) groups is 3. The van der Waals surface area contributed by atoms with Gasteiger partial charge < -0.3 is 14.0 Å². The summed E-state index contributed by atoms with van der Waals surface area (Å²) in [6, 6.07) is -0.0948. The van der Waals surface area contributed by atoms with Gasteiger partial charge in [-0.05, 0) is 45.7 Å². The first-order chi connectivity index (χ1) is 17.0. The monoisotopic (exact) mass is 527 g/mol. The Hall–Kier alpha value is -2.28. The van der Waals surface area contributed by atoms with Gasteiger partial charge in [0.15, 0.2) is 0 Å². The maximum atomic E-state index is 16.0. The van der Waals surface area contributed by atoms with Crippen LogP contribution in [0.3, 0.4) is 0 Å². The van der Waals surface area contributed by atoms with Crippen molar-refractivity contribution in [2.75, 3.05) is 19.8 Å². The minimum Gasteiger partial charge on any atom is -0.598 e. The van der Waals surface area contributed by atoms with Crippen molar-refractivity contribution in [3.8, 4) is 5.75 Å². The Kier molecular flexibility index (Phi) is 7.89. The van der Waals surface area contributed by atoms with E-state index in [0.717, 1.165) is 4.90 Å². The number of ether oxygens (including phenoxy) is 2. The third-order valence-corrected chi connectivity index (χ3v) is 8.19. The van der Waals surface area contributed by atoms with Crippen molar-refractivity contribution in [1.29, 1.82) is 0 Å². The van der Waals surface area contributed by atoms with Crippen LogP contribution in [0.1, 0.15) is 57.2 Å². The third-order valence-electron chi connectivity index (χ3n) is 6.61. The summed E-state index contributed by atoms with van der Waals surface area (Å²) in [6.07, 6.45) is -1.28. The molecule has 2 saturated heterocycles. The largest absolute Gasteiger partial charge is 0.598 e. The number of alkyl halides is 1. The average molecular weight is 528 g/mol. The topological polar surface area (TPSA) is 120 Å². The Morgan fingerprint density at radius 1 is 1.22 bits per heavy atom. The van der Waals surface area contributed by atoms with Gasteiger partial charge in [0, 0.05) is 54.6 Å². The molecule has 1 unspecified atom stereocenters. The highest BCUT2D eigenvalue weighted by Crippen LogP contribution is 2.36. The Balaban J connectivity index is 1.61. The standard InChI is InChI=1S/C24H31F2N3O6S/c1-24(2,3)36(33)28-20(15-12-19-13(4-9-35-19)10-17(15)25)18(26)11-16-21(30)27-23(32)29(22(16)31)14-5-7-34-8-6-14/h10,12,14,16,18,20,28H,4-9,11H2,1-3H3,(H,27,30,32)/t16-,18-,20+,36?/m1/s1. The van der Waals surface area contributed by atoms with Gasteiger partial charge in [-0.25, -0.2) is 13.6 Å². The lowest BCUT2D eigenvalue weighted by Gasteiger charge is -2.38. The number of urea groups is 1. The summed E-state index contributed by atoms with van der Waals surface area (Å²) in [5.74, 6) is -3.50. The molecule has 3 aliphatic heterocycles. The molecule has 4 rings (SSSR count). The quantitative estimate of drug-likeness (QED) is 0.413. The maximum absolute atomic E-state index is 16.0. The zero-order valence-corrected chi connectivity index (χ0v) is 21.3. The fourth-order valence-corrected chi connectivity index (χ4v) is 5.42. The molecule has 0 aromatic heterocycles. The lowest BCUT2D eigenvalue weighted by molar-refractivity contribution is -0.146. The van der Waals surface area contributed by atoms with E-state index >= 15 is 8.78 Å². The van der Waals surface area contributed by atoms with E-state index < -0.39 is 70.4 Å². The third kappa shape index (κ3) is 5.51. The van der Waals surface area contributed by atoms with Crippen molar-refractivity contribution in [1.82, 2.24) is 14.9 Å². The second-order valence-electron chi connectivity index (χ2n) is 10.2. The number of nitrogens with zero attached hydrogens (tertiary/aromatic N) is 1. The van der Waals surface area contributed by atoms with Crippen molar-refractivity contribution in [3.05, 3.63) is 29.1 Å². The van der Waals surface area contributed by atoms with Crippen molar-refractivity contribution in [2.24, 2.45) is 5.92 Å². The summed E-state index contributed by atoms with van der Waals surface area (Å²) in [5, 5.41) is 2.15. The van der Waals surface area contributed by atoms with Crippen LogP contribution >= 0.6 is 0 Å². The van der Waals surface area contributed by atoms with Crippen LogP contribution in [0.15, 0.2) is 12.1 Å². The van der Waals surface area contributed by atoms with Crippen molar-refractivity contribution in [3.63, 3.8) is 0 Å². The van der Waals surface area contributed by atoms with Crippen LogP contribution in [-0.4, -0.2) is 64.1 Å². The number of amides is 4. The summed E-state index contributed by atoms with van der Waals surface area (Å²) >= 11 is -1.80. The number of benzene rings is 1. The van der Waals surface area contributed by atoms with Gasteiger partial charge in [0.2, 0.25) is 11.8 Å². The van der Waals surface area contributed by atoms with Gasteiger partial charge in [0.05, 0.1) is 6.61 Å². The zero-order chi connectivity index (χ0) is 26.2. The molecule has 0 aliphatic carbocycles. The number of carbonyl (C=O) groups excluding carboxylic acids is 3. The number of hydrogen-bond acceptors (Lipinski definition) is 7. The van der Waals surface area contributed by atoms with Crippen LogP contribution in [0.5, 0.6) is 5.75 Å². The van der Waals surface area contributed by atoms with Gasteiger partial charge in [-0.2, -0.15) is 0 Å². The van der Waals surface area contributed by atoms with Crippen LogP contribution in [0.2, 0.25) is 0 Å². The molecule has 4 atom stereocenters. The summed E-state index contributed by atoms with van der Waals surface area (Å²) < 4.78 is 56.6. The number of barbiturate groups is 1. The molecule has 4 amide bonds. The fourth-order valence-electron chi connectivity index (χ4n) is 4.56. The van der Waals surface area contributed by atoms with E-state index in [1.807, 2.05) is 0 Å². The molecule has 12 heteroatoms. The molecule has 0 spiro atoms. The Morgan fingerprint density at radius 2 is 1.92 bits per heavy atom. The first-order valence-electron chi connectivity index (χ1n) is 12.0. The second kappa shape index (κ2) is 10.6. The molecule has 36 heavy (non-hydrogen) atoms. The molecular weight excluding hydrogens is 496 g/mol. The number of imide groups is 2. The fraction of sp³-hybridized carbons (Fsp3) is 0.625. The van der Waals surface area contributed by atoms with Gasteiger partial charge >= 0.3 is 6.03 Å². The molecule has 198 valence electrons.